The molecule has 4 rings (SSSR count). The third-order valence-electron chi connectivity index (χ3n) is 6.02. The average molecular weight is 439 g/mol. The number of amides is 3. The summed E-state index contributed by atoms with van der Waals surface area (Å²) in [6, 6.07) is 6.23. The fraction of sp³-hybridized carbons (Fsp3) is 0.435. The molecule has 0 spiro atoms. The minimum absolute atomic E-state index is 0.0665. The lowest BCUT2D eigenvalue weighted by Gasteiger charge is -2.25. The molecule has 1 saturated heterocycles. The number of fused-ring (bicyclic) bond motifs is 1. The molecule has 8 nitrogen and oxygen atoms in total. The summed E-state index contributed by atoms with van der Waals surface area (Å²) in [6.45, 7) is 4.03. The first-order chi connectivity index (χ1) is 15.3. The van der Waals surface area contributed by atoms with Crippen LogP contribution in [-0.2, 0) is 27.2 Å². The van der Waals surface area contributed by atoms with E-state index in [2.05, 4.69) is 10.3 Å². The zero-order chi connectivity index (χ0) is 22.8. The Morgan fingerprint density at radius 3 is 2.78 bits per heavy atom. The number of benzene rings is 1. The standard InChI is InChI=1S/C23H26FN5O3/c1-14-17-12-20(31)29(11-9-16-6-3-4-7-18(16)24)23(17)27-22(26-14)19-8-5-10-28(19)21(32)13-25-15(2)30/h3-4,6-7,19H,5,8-13H2,1-2H3,(H,25,30)/t19-/m1/s1. The molecule has 0 aliphatic carbocycles. The van der Waals surface area contributed by atoms with Gasteiger partial charge in [-0.05, 0) is 37.8 Å². The number of anilines is 1. The fourth-order valence-corrected chi connectivity index (χ4v) is 4.35. The Bertz CT molecular complexity index is 1070. The van der Waals surface area contributed by atoms with Gasteiger partial charge in [-0.1, -0.05) is 18.2 Å². The van der Waals surface area contributed by atoms with Crippen molar-refractivity contribution in [1.82, 2.24) is 20.2 Å². The minimum atomic E-state index is -0.302. The van der Waals surface area contributed by atoms with E-state index in [1.54, 1.807) is 28.0 Å². The quantitative estimate of drug-likeness (QED) is 0.741. The molecule has 3 amide bonds. The number of nitrogens with one attached hydrogen (secondary N) is 1. The van der Waals surface area contributed by atoms with E-state index in [9.17, 15) is 18.8 Å². The van der Waals surface area contributed by atoms with Crippen LogP contribution >= 0.6 is 0 Å². The van der Waals surface area contributed by atoms with Crippen LogP contribution in [0.3, 0.4) is 0 Å². The first kappa shape index (κ1) is 21.9. The summed E-state index contributed by atoms with van der Waals surface area (Å²) < 4.78 is 14.0. The number of halogens is 1. The van der Waals surface area contributed by atoms with E-state index >= 15 is 0 Å². The van der Waals surface area contributed by atoms with E-state index in [1.807, 2.05) is 6.92 Å². The lowest BCUT2D eigenvalue weighted by atomic mass is 10.1. The molecule has 1 aromatic carbocycles. The van der Waals surface area contributed by atoms with Crippen LogP contribution in [0.2, 0.25) is 0 Å². The zero-order valence-corrected chi connectivity index (χ0v) is 18.2. The van der Waals surface area contributed by atoms with Crippen LogP contribution in [0, 0.1) is 12.7 Å². The van der Waals surface area contributed by atoms with Crippen LogP contribution in [0.25, 0.3) is 0 Å². The number of hydrogen-bond acceptors (Lipinski definition) is 5. The number of carbonyl (C=O) groups is 3. The van der Waals surface area contributed by atoms with Gasteiger partial charge in [-0.2, -0.15) is 0 Å². The van der Waals surface area contributed by atoms with Crippen molar-refractivity contribution in [3.8, 4) is 0 Å². The number of carbonyl (C=O) groups excluding carboxylic acids is 3. The zero-order valence-electron chi connectivity index (χ0n) is 18.2. The molecule has 2 aliphatic heterocycles. The number of hydrogen-bond donors (Lipinski definition) is 1. The molecule has 168 valence electrons. The van der Waals surface area contributed by atoms with Crippen LogP contribution in [0.15, 0.2) is 24.3 Å². The highest BCUT2D eigenvalue weighted by Gasteiger charge is 2.36. The maximum atomic E-state index is 14.0. The van der Waals surface area contributed by atoms with Gasteiger partial charge in [-0.3, -0.25) is 19.3 Å². The number of rotatable bonds is 6. The van der Waals surface area contributed by atoms with Gasteiger partial charge in [0.1, 0.15) is 11.6 Å². The molecule has 0 bridgehead atoms. The van der Waals surface area contributed by atoms with Gasteiger partial charge in [-0.25, -0.2) is 14.4 Å². The summed E-state index contributed by atoms with van der Waals surface area (Å²) in [6.07, 6.45) is 2.12. The van der Waals surface area contributed by atoms with Crippen molar-refractivity contribution >= 4 is 23.5 Å². The molecule has 1 aromatic heterocycles. The fourth-order valence-electron chi connectivity index (χ4n) is 4.35. The van der Waals surface area contributed by atoms with E-state index in [0.717, 1.165) is 12.0 Å². The molecule has 0 unspecified atom stereocenters. The Morgan fingerprint density at radius 2 is 2.03 bits per heavy atom. The van der Waals surface area contributed by atoms with E-state index in [0.29, 0.717) is 48.8 Å². The third-order valence-corrected chi connectivity index (χ3v) is 6.02. The molecule has 0 saturated carbocycles. The smallest absolute Gasteiger partial charge is 0.242 e. The summed E-state index contributed by atoms with van der Waals surface area (Å²) in [7, 11) is 0. The highest BCUT2D eigenvalue weighted by molar-refractivity contribution is 6.00. The molecule has 32 heavy (non-hydrogen) atoms. The lowest BCUT2D eigenvalue weighted by Crippen LogP contribution is -2.39. The second-order valence-electron chi connectivity index (χ2n) is 8.19. The predicted octanol–water partition coefficient (Wildman–Crippen LogP) is 1.86. The predicted molar refractivity (Wildman–Crippen MR) is 115 cm³/mol. The number of likely N-dealkylation sites (tertiary alicyclic amines) is 1. The number of aryl methyl sites for hydroxylation is 1. The van der Waals surface area contributed by atoms with Crippen LogP contribution < -0.4 is 10.2 Å². The molecule has 1 fully saturated rings. The third kappa shape index (κ3) is 4.32. The second-order valence-corrected chi connectivity index (χ2v) is 8.19. The van der Waals surface area contributed by atoms with Crippen molar-refractivity contribution in [2.45, 2.75) is 45.6 Å². The maximum absolute atomic E-state index is 14.0. The minimum Gasteiger partial charge on any atom is -0.347 e. The Balaban J connectivity index is 1.57. The van der Waals surface area contributed by atoms with Crippen molar-refractivity contribution in [3.05, 3.63) is 52.7 Å². The molecule has 3 heterocycles. The lowest BCUT2D eigenvalue weighted by molar-refractivity contribution is -0.133. The van der Waals surface area contributed by atoms with Gasteiger partial charge in [0.2, 0.25) is 17.7 Å². The van der Waals surface area contributed by atoms with Crippen LogP contribution in [0.5, 0.6) is 0 Å². The van der Waals surface area contributed by atoms with E-state index in [4.69, 9.17) is 4.98 Å². The molecule has 1 N–H and O–H groups in total. The van der Waals surface area contributed by atoms with Gasteiger partial charge >= 0.3 is 0 Å². The first-order valence-electron chi connectivity index (χ1n) is 10.8. The van der Waals surface area contributed by atoms with Crippen molar-refractivity contribution in [1.29, 1.82) is 0 Å². The summed E-state index contributed by atoms with van der Waals surface area (Å²) in [4.78, 5) is 49.1. The van der Waals surface area contributed by atoms with Gasteiger partial charge in [0.25, 0.3) is 0 Å². The first-order valence-corrected chi connectivity index (χ1v) is 10.8. The molecule has 2 aliphatic rings. The van der Waals surface area contributed by atoms with E-state index < -0.39 is 0 Å². The second kappa shape index (κ2) is 9.02. The van der Waals surface area contributed by atoms with Crippen molar-refractivity contribution < 1.29 is 18.8 Å². The van der Waals surface area contributed by atoms with Gasteiger partial charge in [0.15, 0.2) is 5.82 Å². The Hall–Kier alpha value is -3.36. The summed E-state index contributed by atoms with van der Waals surface area (Å²) >= 11 is 0. The Kier molecular flexibility index (Phi) is 6.16. The van der Waals surface area contributed by atoms with Gasteiger partial charge in [0.05, 0.1) is 19.0 Å². The maximum Gasteiger partial charge on any atom is 0.242 e. The summed E-state index contributed by atoms with van der Waals surface area (Å²) in [5, 5.41) is 2.54. The van der Waals surface area contributed by atoms with Crippen molar-refractivity contribution in [2.24, 2.45) is 0 Å². The van der Waals surface area contributed by atoms with Gasteiger partial charge in [-0.15, -0.1) is 0 Å². The highest BCUT2D eigenvalue weighted by atomic mass is 19.1. The molecule has 2 aromatic rings. The summed E-state index contributed by atoms with van der Waals surface area (Å²) in [5.41, 5.74) is 2.04. The Morgan fingerprint density at radius 1 is 1.25 bits per heavy atom. The molecule has 1 atom stereocenters. The highest BCUT2D eigenvalue weighted by Crippen LogP contribution is 2.35. The number of aromatic nitrogens is 2. The SMILES string of the molecule is CC(=O)NCC(=O)N1CCC[C@@H]1c1nc(C)c2c(n1)N(CCc1ccccc1F)C(=O)C2. The van der Waals surface area contributed by atoms with Gasteiger partial charge < -0.3 is 10.2 Å². The largest absolute Gasteiger partial charge is 0.347 e. The normalized spacial score (nSPS) is 17.6. The molecule has 9 heteroatoms. The molecular weight excluding hydrogens is 413 g/mol. The van der Waals surface area contributed by atoms with E-state index in [1.165, 1.54) is 13.0 Å². The molecule has 0 radical (unpaired) electrons. The van der Waals surface area contributed by atoms with E-state index in [-0.39, 0.29) is 42.5 Å². The van der Waals surface area contributed by atoms with Crippen LogP contribution in [0.1, 0.15) is 48.5 Å². The number of nitrogens with zero attached hydrogens (tertiary/aromatic N) is 4. The van der Waals surface area contributed by atoms with Crippen molar-refractivity contribution in [2.75, 3.05) is 24.5 Å². The van der Waals surface area contributed by atoms with Crippen molar-refractivity contribution in [3.63, 3.8) is 0 Å². The monoisotopic (exact) mass is 439 g/mol. The summed E-state index contributed by atoms with van der Waals surface area (Å²) in [5.74, 6) is 0.226. The Labute approximate surface area is 185 Å². The van der Waals surface area contributed by atoms with Crippen LogP contribution in [-0.4, -0.2) is 52.2 Å². The average Bonchev–Trinajstić information content (AvgIpc) is 3.36. The van der Waals surface area contributed by atoms with Gasteiger partial charge in [0, 0.05) is 31.3 Å². The molecular formula is C23H26FN5O3. The van der Waals surface area contributed by atoms with Crippen LogP contribution in [0.4, 0.5) is 10.2 Å². The topological polar surface area (TPSA) is 95.5 Å².